The first-order chi connectivity index (χ1) is 8.75. The zero-order valence-electron chi connectivity index (χ0n) is 9.61. The van der Waals surface area contributed by atoms with E-state index in [-0.39, 0.29) is 11.9 Å². The number of fused-ring (bicyclic) bond motifs is 1. The molecule has 0 fully saturated rings. The van der Waals surface area contributed by atoms with Crippen LogP contribution in [0, 0.1) is 0 Å². The Bertz CT molecular complexity index is 575. The summed E-state index contributed by atoms with van der Waals surface area (Å²) in [4.78, 5) is 13.5. The maximum absolute atomic E-state index is 12.1. The van der Waals surface area contributed by atoms with Gasteiger partial charge in [-0.3, -0.25) is 4.79 Å². The smallest absolute Gasteiger partial charge is 0.256 e. The summed E-state index contributed by atoms with van der Waals surface area (Å²) in [5.41, 5.74) is 1.83. The summed E-state index contributed by atoms with van der Waals surface area (Å²) in [7, 11) is 0. The third kappa shape index (κ3) is 2.12. The summed E-state index contributed by atoms with van der Waals surface area (Å²) in [5.74, 6) is -0.0836. The Kier molecular flexibility index (Phi) is 3.26. The van der Waals surface area contributed by atoms with E-state index in [0.717, 1.165) is 19.3 Å². The summed E-state index contributed by atoms with van der Waals surface area (Å²) in [6, 6.07) is 3.93. The van der Waals surface area contributed by atoms with E-state index in [1.165, 1.54) is 16.7 Å². The standard InChI is InChI=1S/C13H12BrNO2S/c14-12-9(4-6-17-12)13(16)15-10-2-1-3-11-8(10)5-7-18-11/h4-7,10H,1-3H2,(H,15,16). The summed E-state index contributed by atoms with van der Waals surface area (Å²) < 4.78 is 5.57. The molecule has 1 N–H and O–H groups in total. The van der Waals surface area contributed by atoms with Gasteiger partial charge in [0.15, 0.2) is 4.67 Å². The molecule has 3 rings (SSSR count). The molecule has 1 aliphatic rings. The highest BCUT2D eigenvalue weighted by atomic mass is 79.9. The first-order valence-corrected chi connectivity index (χ1v) is 7.53. The molecule has 2 aromatic heterocycles. The topological polar surface area (TPSA) is 42.2 Å². The number of hydrogen-bond donors (Lipinski definition) is 1. The van der Waals surface area contributed by atoms with E-state index in [4.69, 9.17) is 4.42 Å². The number of amides is 1. The highest BCUT2D eigenvalue weighted by Gasteiger charge is 2.24. The molecule has 0 saturated heterocycles. The molecule has 1 aliphatic carbocycles. The van der Waals surface area contributed by atoms with Crippen molar-refractivity contribution in [3.05, 3.63) is 44.4 Å². The summed E-state index contributed by atoms with van der Waals surface area (Å²) in [6.07, 6.45) is 4.78. The number of carbonyl (C=O) groups is 1. The lowest BCUT2D eigenvalue weighted by atomic mass is 9.94. The molecule has 0 radical (unpaired) electrons. The van der Waals surface area contributed by atoms with Crippen molar-refractivity contribution in [2.45, 2.75) is 25.3 Å². The van der Waals surface area contributed by atoms with Gasteiger partial charge in [0, 0.05) is 4.88 Å². The molecule has 0 aromatic carbocycles. The third-order valence-corrected chi connectivity index (χ3v) is 4.83. The highest BCUT2D eigenvalue weighted by molar-refractivity contribution is 9.10. The van der Waals surface area contributed by atoms with Crippen LogP contribution < -0.4 is 5.32 Å². The molecule has 1 atom stereocenters. The van der Waals surface area contributed by atoms with Crippen LogP contribution in [-0.2, 0) is 6.42 Å². The largest absolute Gasteiger partial charge is 0.457 e. The van der Waals surface area contributed by atoms with E-state index in [1.54, 1.807) is 17.4 Å². The van der Waals surface area contributed by atoms with Gasteiger partial charge in [-0.15, -0.1) is 11.3 Å². The molecule has 0 saturated carbocycles. The van der Waals surface area contributed by atoms with Crippen molar-refractivity contribution in [2.75, 3.05) is 0 Å². The Morgan fingerprint density at radius 1 is 1.50 bits per heavy atom. The van der Waals surface area contributed by atoms with E-state index in [2.05, 4.69) is 32.7 Å². The molecule has 0 spiro atoms. The van der Waals surface area contributed by atoms with Crippen LogP contribution in [0.5, 0.6) is 0 Å². The molecule has 3 nitrogen and oxygen atoms in total. The van der Waals surface area contributed by atoms with E-state index < -0.39 is 0 Å². The summed E-state index contributed by atoms with van der Waals surface area (Å²) in [6.45, 7) is 0. The van der Waals surface area contributed by atoms with Crippen molar-refractivity contribution in [2.24, 2.45) is 0 Å². The van der Waals surface area contributed by atoms with Gasteiger partial charge in [0.05, 0.1) is 17.9 Å². The van der Waals surface area contributed by atoms with Crippen LogP contribution in [0.1, 0.15) is 39.7 Å². The first-order valence-electron chi connectivity index (χ1n) is 5.86. The Morgan fingerprint density at radius 2 is 2.39 bits per heavy atom. The monoisotopic (exact) mass is 325 g/mol. The van der Waals surface area contributed by atoms with Crippen LogP contribution >= 0.6 is 27.3 Å². The van der Waals surface area contributed by atoms with Crippen LogP contribution in [-0.4, -0.2) is 5.91 Å². The number of thiophene rings is 1. The minimum atomic E-state index is -0.0836. The molecule has 0 aliphatic heterocycles. The number of halogens is 1. The highest BCUT2D eigenvalue weighted by Crippen LogP contribution is 2.33. The molecule has 94 valence electrons. The van der Waals surface area contributed by atoms with E-state index in [0.29, 0.717) is 10.2 Å². The van der Waals surface area contributed by atoms with Crippen LogP contribution in [0.4, 0.5) is 0 Å². The van der Waals surface area contributed by atoms with Gasteiger partial charge in [-0.1, -0.05) is 0 Å². The van der Waals surface area contributed by atoms with E-state index in [9.17, 15) is 4.79 Å². The van der Waals surface area contributed by atoms with Crippen molar-refractivity contribution in [1.82, 2.24) is 5.32 Å². The number of hydrogen-bond acceptors (Lipinski definition) is 3. The Hall–Kier alpha value is -1.07. The first kappa shape index (κ1) is 12.0. The van der Waals surface area contributed by atoms with E-state index in [1.807, 2.05) is 0 Å². The second-order valence-electron chi connectivity index (χ2n) is 4.33. The van der Waals surface area contributed by atoms with Gasteiger partial charge in [-0.05, 0) is 58.3 Å². The Morgan fingerprint density at radius 3 is 3.17 bits per heavy atom. The van der Waals surface area contributed by atoms with Crippen molar-refractivity contribution in [1.29, 1.82) is 0 Å². The van der Waals surface area contributed by atoms with Crippen molar-refractivity contribution >= 4 is 33.2 Å². The van der Waals surface area contributed by atoms with Crippen LogP contribution in [0.2, 0.25) is 0 Å². The fourth-order valence-electron chi connectivity index (χ4n) is 2.33. The van der Waals surface area contributed by atoms with Gasteiger partial charge < -0.3 is 9.73 Å². The molecule has 1 unspecified atom stereocenters. The van der Waals surface area contributed by atoms with Gasteiger partial charge in [0.25, 0.3) is 5.91 Å². The predicted octanol–water partition coefficient (Wildman–Crippen LogP) is 3.91. The second-order valence-corrected chi connectivity index (χ2v) is 6.05. The zero-order valence-corrected chi connectivity index (χ0v) is 12.0. The quantitative estimate of drug-likeness (QED) is 0.909. The summed E-state index contributed by atoms with van der Waals surface area (Å²) >= 11 is 5.01. The number of nitrogens with one attached hydrogen (secondary N) is 1. The lowest BCUT2D eigenvalue weighted by molar-refractivity contribution is 0.0931. The lowest BCUT2D eigenvalue weighted by Crippen LogP contribution is -2.30. The molecule has 2 aromatic rings. The number of aryl methyl sites for hydroxylation is 1. The molecule has 1 amide bonds. The predicted molar refractivity (Wildman–Crippen MR) is 73.9 cm³/mol. The normalized spacial score (nSPS) is 18.4. The molecular formula is C13H12BrNO2S. The number of furan rings is 1. The minimum absolute atomic E-state index is 0.0836. The fraction of sp³-hybridized carbons (Fsp3) is 0.308. The molecular weight excluding hydrogens is 314 g/mol. The molecule has 0 bridgehead atoms. The van der Waals surface area contributed by atoms with Gasteiger partial charge >= 0.3 is 0 Å². The molecule has 18 heavy (non-hydrogen) atoms. The second kappa shape index (κ2) is 4.90. The van der Waals surface area contributed by atoms with Gasteiger partial charge in [0.1, 0.15) is 0 Å². The fourth-order valence-corrected chi connectivity index (χ4v) is 3.74. The Labute approximate surface area is 117 Å². The average Bonchev–Trinajstić information content (AvgIpc) is 2.97. The summed E-state index contributed by atoms with van der Waals surface area (Å²) in [5, 5.41) is 5.18. The SMILES string of the molecule is O=C(NC1CCCc2sccc21)c1ccoc1Br. The van der Waals surface area contributed by atoms with Gasteiger partial charge in [-0.25, -0.2) is 0 Å². The average molecular weight is 326 g/mol. The van der Waals surface area contributed by atoms with Gasteiger partial charge in [-0.2, -0.15) is 0 Å². The maximum Gasteiger partial charge on any atom is 0.256 e. The van der Waals surface area contributed by atoms with Crippen molar-refractivity contribution < 1.29 is 9.21 Å². The molecule has 5 heteroatoms. The van der Waals surface area contributed by atoms with Gasteiger partial charge in [0.2, 0.25) is 0 Å². The van der Waals surface area contributed by atoms with Crippen LogP contribution in [0.3, 0.4) is 0 Å². The lowest BCUT2D eigenvalue weighted by Gasteiger charge is -2.23. The minimum Gasteiger partial charge on any atom is -0.457 e. The third-order valence-electron chi connectivity index (χ3n) is 3.22. The van der Waals surface area contributed by atoms with Crippen molar-refractivity contribution in [3.8, 4) is 0 Å². The Balaban J connectivity index is 1.79. The number of carbonyl (C=O) groups excluding carboxylic acids is 1. The maximum atomic E-state index is 12.1. The van der Waals surface area contributed by atoms with E-state index >= 15 is 0 Å². The van der Waals surface area contributed by atoms with Crippen LogP contribution in [0.25, 0.3) is 0 Å². The van der Waals surface area contributed by atoms with Crippen LogP contribution in [0.15, 0.2) is 32.9 Å². The van der Waals surface area contributed by atoms with Crippen molar-refractivity contribution in [3.63, 3.8) is 0 Å². The zero-order chi connectivity index (χ0) is 12.5. The number of rotatable bonds is 2. The molecule has 2 heterocycles.